The highest BCUT2D eigenvalue weighted by atomic mass is 32.2. The van der Waals surface area contributed by atoms with Crippen LogP contribution in [0.3, 0.4) is 0 Å². The quantitative estimate of drug-likeness (QED) is 0.724. The second-order valence-corrected chi connectivity index (χ2v) is 9.40. The molecular weight excluding hydrogens is 328 g/mol. The summed E-state index contributed by atoms with van der Waals surface area (Å²) in [7, 11) is -2.26. The average Bonchev–Trinajstić information content (AvgIpc) is 2.51. The van der Waals surface area contributed by atoms with Gasteiger partial charge in [-0.1, -0.05) is 32.1 Å². The fourth-order valence-corrected chi connectivity index (χ4v) is 3.92. The van der Waals surface area contributed by atoms with Crippen molar-refractivity contribution in [1.82, 2.24) is 10.6 Å². The number of sulfone groups is 1. The van der Waals surface area contributed by atoms with Gasteiger partial charge in [0.05, 0.1) is 10.5 Å². The lowest BCUT2D eigenvalue weighted by Gasteiger charge is -2.34. The first-order valence-corrected chi connectivity index (χ1v) is 9.78. The standard InChI is InChI=1S/C17H28N2O4S.2H2/c1-12(2)15(20)19-14(16(21)18-5)17(3,4)24(22,23)11-13-9-7-6-8-10-13;;/h7,9-10,12,14H,6,8,11H2,1-5H3,(H,18,21)(H,19,20);2*1H. The van der Waals surface area contributed by atoms with Gasteiger partial charge in [-0.2, -0.15) is 0 Å². The summed E-state index contributed by atoms with van der Waals surface area (Å²) < 4.78 is 24.4. The Kier molecular flexibility index (Phi) is 6.77. The number of allylic oxidation sites excluding steroid dienone is 3. The van der Waals surface area contributed by atoms with E-state index in [-0.39, 0.29) is 20.4 Å². The Morgan fingerprint density at radius 1 is 1.25 bits per heavy atom. The number of hydrogen-bond acceptors (Lipinski definition) is 4. The van der Waals surface area contributed by atoms with Crippen LogP contribution in [-0.2, 0) is 19.4 Å². The number of amides is 2. The minimum Gasteiger partial charge on any atom is -0.357 e. The van der Waals surface area contributed by atoms with Crippen LogP contribution in [0.25, 0.3) is 0 Å². The summed E-state index contributed by atoms with van der Waals surface area (Å²) in [6, 6.07) is -1.16. The monoisotopic (exact) mass is 360 g/mol. The van der Waals surface area contributed by atoms with Crippen LogP contribution in [0, 0.1) is 5.92 Å². The predicted octanol–water partition coefficient (Wildman–Crippen LogP) is 1.83. The maximum Gasteiger partial charge on any atom is 0.243 e. The van der Waals surface area contributed by atoms with Crippen LogP contribution in [0.5, 0.6) is 0 Å². The van der Waals surface area contributed by atoms with Crippen molar-refractivity contribution in [3.05, 3.63) is 23.8 Å². The van der Waals surface area contributed by atoms with Crippen molar-refractivity contribution in [3.63, 3.8) is 0 Å². The molecule has 1 unspecified atom stereocenters. The maximum atomic E-state index is 12.9. The van der Waals surface area contributed by atoms with Gasteiger partial charge in [0.15, 0.2) is 9.84 Å². The Balaban J connectivity index is 0. The molecule has 0 aliphatic heterocycles. The Hall–Kier alpha value is -1.63. The van der Waals surface area contributed by atoms with Crippen LogP contribution in [-0.4, -0.2) is 43.8 Å². The zero-order chi connectivity index (χ0) is 18.5. The molecule has 0 saturated carbocycles. The van der Waals surface area contributed by atoms with Crippen LogP contribution in [0.4, 0.5) is 0 Å². The van der Waals surface area contributed by atoms with Crippen molar-refractivity contribution in [1.29, 1.82) is 0 Å². The Bertz CT molecular complexity index is 656. The third-order valence-corrected chi connectivity index (χ3v) is 6.80. The summed E-state index contributed by atoms with van der Waals surface area (Å²) in [4.78, 5) is 24.3. The highest BCUT2D eigenvalue weighted by Gasteiger charge is 2.46. The zero-order valence-electron chi connectivity index (χ0n) is 15.0. The molecule has 1 atom stereocenters. The SMILES string of the molecule is CNC(=O)C(NC(=O)C(C)C)C(C)(C)S(=O)(=O)CC1=CCCC=C1.[HH].[HH]. The molecule has 6 nitrogen and oxygen atoms in total. The fourth-order valence-electron chi connectivity index (χ4n) is 2.37. The average molecular weight is 361 g/mol. The molecule has 7 heteroatoms. The van der Waals surface area contributed by atoms with Crippen LogP contribution < -0.4 is 10.6 Å². The summed E-state index contributed by atoms with van der Waals surface area (Å²) >= 11 is 0. The van der Waals surface area contributed by atoms with E-state index in [4.69, 9.17) is 0 Å². The molecule has 0 fully saturated rings. The van der Waals surface area contributed by atoms with Crippen LogP contribution in [0.15, 0.2) is 23.8 Å². The second-order valence-electron chi connectivity index (χ2n) is 6.83. The van der Waals surface area contributed by atoms with Crippen LogP contribution in [0.1, 0.15) is 43.4 Å². The van der Waals surface area contributed by atoms with Gasteiger partial charge in [-0.3, -0.25) is 9.59 Å². The van der Waals surface area contributed by atoms with Crippen LogP contribution in [0.2, 0.25) is 0 Å². The lowest BCUT2D eigenvalue weighted by Crippen LogP contribution is -2.61. The Labute approximate surface area is 147 Å². The first kappa shape index (κ1) is 20.4. The number of rotatable bonds is 7. The largest absolute Gasteiger partial charge is 0.357 e. The zero-order valence-corrected chi connectivity index (χ0v) is 15.9. The van der Waals surface area contributed by atoms with Gasteiger partial charge < -0.3 is 10.6 Å². The number of carbonyl (C=O) groups is 2. The molecular formula is C17H32N2O4S. The van der Waals surface area contributed by atoms with E-state index in [1.54, 1.807) is 19.9 Å². The highest BCUT2D eigenvalue weighted by Crippen LogP contribution is 2.26. The molecule has 24 heavy (non-hydrogen) atoms. The summed E-state index contributed by atoms with van der Waals surface area (Å²) in [5.41, 5.74) is 0.722. The van der Waals surface area contributed by atoms with E-state index >= 15 is 0 Å². The molecule has 0 bridgehead atoms. The van der Waals surface area contributed by atoms with Gasteiger partial charge in [-0.25, -0.2) is 8.42 Å². The van der Waals surface area contributed by atoms with Gasteiger partial charge in [0.25, 0.3) is 0 Å². The molecule has 2 N–H and O–H groups in total. The van der Waals surface area contributed by atoms with Crippen molar-refractivity contribution in [2.24, 2.45) is 5.92 Å². The molecule has 2 amide bonds. The number of hydrogen-bond donors (Lipinski definition) is 2. The molecule has 0 spiro atoms. The first-order chi connectivity index (χ1) is 11.0. The molecule has 0 heterocycles. The van der Waals surface area contributed by atoms with E-state index in [0.717, 1.165) is 18.4 Å². The molecule has 1 rings (SSSR count). The van der Waals surface area contributed by atoms with Gasteiger partial charge in [0.2, 0.25) is 11.8 Å². The molecule has 0 aromatic carbocycles. The van der Waals surface area contributed by atoms with Crippen LogP contribution >= 0.6 is 0 Å². The van der Waals surface area contributed by atoms with Crippen molar-refractivity contribution in [2.45, 2.75) is 51.3 Å². The smallest absolute Gasteiger partial charge is 0.243 e. The normalized spacial score (nSPS) is 16.5. The van der Waals surface area contributed by atoms with E-state index < -0.39 is 26.5 Å². The summed E-state index contributed by atoms with van der Waals surface area (Å²) in [6.07, 6.45) is 7.35. The molecule has 1 aliphatic rings. The van der Waals surface area contributed by atoms with Gasteiger partial charge in [-0.15, -0.1) is 0 Å². The number of likely N-dealkylation sites (N-methyl/N-ethyl adjacent to an activating group) is 1. The van der Waals surface area contributed by atoms with Gasteiger partial charge in [0, 0.05) is 15.8 Å². The lowest BCUT2D eigenvalue weighted by atomic mass is 10.0. The third-order valence-electron chi connectivity index (χ3n) is 4.24. The summed E-state index contributed by atoms with van der Waals surface area (Å²) in [6.45, 7) is 6.34. The molecule has 0 aromatic rings. The number of nitrogens with one attached hydrogen (secondary N) is 2. The Morgan fingerprint density at radius 2 is 1.88 bits per heavy atom. The minimum absolute atomic E-state index is 0. The lowest BCUT2D eigenvalue weighted by molar-refractivity contribution is -0.131. The topological polar surface area (TPSA) is 92.3 Å². The van der Waals surface area contributed by atoms with Gasteiger partial charge in [-0.05, 0) is 32.3 Å². The van der Waals surface area contributed by atoms with Crippen molar-refractivity contribution >= 4 is 21.7 Å². The van der Waals surface area contributed by atoms with Crippen molar-refractivity contribution < 1.29 is 20.9 Å². The van der Waals surface area contributed by atoms with E-state index in [1.807, 2.05) is 12.2 Å². The second kappa shape index (κ2) is 7.96. The van der Waals surface area contributed by atoms with Gasteiger partial charge >= 0.3 is 0 Å². The molecule has 1 aliphatic carbocycles. The van der Waals surface area contributed by atoms with E-state index in [9.17, 15) is 18.0 Å². The first-order valence-electron chi connectivity index (χ1n) is 8.12. The maximum absolute atomic E-state index is 12.9. The van der Waals surface area contributed by atoms with E-state index in [1.165, 1.54) is 20.9 Å². The number of carbonyl (C=O) groups excluding carboxylic acids is 2. The molecule has 0 saturated heterocycles. The Morgan fingerprint density at radius 3 is 2.33 bits per heavy atom. The van der Waals surface area contributed by atoms with Gasteiger partial charge in [0.1, 0.15) is 6.04 Å². The fraction of sp³-hybridized carbons (Fsp3) is 0.647. The predicted molar refractivity (Wildman–Crippen MR) is 99.4 cm³/mol. The van der Waals surface area contributed by atoms with E-state index in [0.29, 0.717) is 0 Å². The highest BCUT2D eigenvalue weighted by molar-refractivity contribution is 7.93. The molecule has 0 radical (unpaired) electrons. The van der Waals surface area contributed by atoms with E-state index in [2.05, 4.69) is 10.6 Å². The minimum atomic E-state index is -3.68. The van der Waals surface area contributed by atoms with Crippen molar-refractivity contribution in [2.75, 3.05) is 12.8 Å². The molecule has 140 valence electrons. The summed E-state index contributed by atoms with van der Waals surface area (Å²) in [5.74, 6) is -1.38. The summed E-state index contributed by atoms with van der Waals surface area (Å²) in [5, 5.41) is 5.03. The molecule has 0 aromatic heterocycles. The third kappa shape index (κ3) is 4.69. The van der Waals surface area contributed by atoms with Crippen molar-refractivity contribution in [3.8, 4) is 0 Å².